The van der Waals surface area contributed by atoms with Gasteiger partial charge in [-0.25, -0.2) is 4.98 Å². The number of hydrogen-bond donors (Lipinski definition) is 1. The van der Waals surface area contributed by atoms with Crippen LogP contribution in [0, 0.1) is 13.8 Å². The lowest BCUT2D eigenvalue weighted by atomic mass is 10.1. The Morgan fingerprint density at radius 2 is 1.74 bits per heavy atom. The number of hydrogen-bond acceptors (Lipinski definition) is 5. The van der Waals surface area contributed by atoms with Gasteiger partial charge in [-0.15, -0.1) is 0 Å². The number of nitrogens with zero attached hydrogens (tertiary/aromatic N) is 3. The Labute approximate surface area is 183 Å². The second-order valence-corrected chi connectivity index (χ2v) is 9.08. The number of amides is 1. The zero-order valence-electron chi connectivity index (χ0n) is 17.8. The first kappa shape index (κ1) is 22.4. The van der Waals surface area contributed by atoms with E-state index in [9.17, 15) is 13.2 Å². The molecule has 162 valence electrons. The summed E-state index contributed by atoms with van der Waals surface area (Å²) >= 11 is 0. The van der Waals surface area contributed by atoms with Gasteiger partial charge in [0.2, 0.25) is 5.91 Å². The first-order valence-corrected chi connectivity index (χ1v) is 11.5. The van der Waals surface area contributed by atoms with Crippen LogP contribution in [-0.4, -0.2) is 30.3 Å². The topological polar surface area (TPSA) is 92.3 Å². The first-order valence-electron chi connectivity index (χ1n) is 10.0. The molecule has 0 aliphatic carbocycles. The van der Waals surface area contributed by atoms with E-state index in [1.807, 2.05) is 32.0 Å². The van der Waals surface area contributed by atoms with Crippen molar-refractivity contribution in [3.05, 3.63) is 83.8 Å². The maximum Gasteiger partial charge on any atom is 0.282 e. The van der Waals surface area contributed by atoms with Crippen LogP contribution in [0.15, 0.2) is 72.1 Å². The van der Waals surface area contributed by atoms with Gasteiger partial charge in [-0.1, -0.05) is 36.8 Å². The molecule has 3 aromatic rings. The van der Waals surface area contributed by atoms with Gasteiger partial charge in [0.15, 0.2) is 5.03 Å². The number of anilines is 1. The van der Waals surface area contributed by atoms with E-state index in [1.54, 1.807) is 43.6 Å². The molecule has 1 atom stereocenters. The van der Waals surface area contributed by atoms with Gasteiger partial charge in [-0.3, -0.25) is 14.1 Å². The third-order valence-electron chi connectivity index (χ3n) is 4.86. The van der Waals surface area contributed by atoms with Gasteiger partial charge in [-0.2, -0.15) is 8.42 Å². The minimum atomic E-state index is -4.07. The Morgan fingerprint density at radius 1 is 1.03 bits per heavy atom. The van der Waals surface area contributed by atoms with Crippen molar-refractivity contribution in [2.24, 2.45) is 0 Å². The molecule has 3 rings (SSSR count). The molecule has 0 saturated heterocycles. The molecule has 0 spiro atoms. The lowest BCUT2D eigenvalue weighted by Crippen LogP contribution is -2.49. The van der Waals surface area contributed by atoms with E-state index < -0.39 is 16.1 Å². The number of rotatable bonds is 8. The van der Waals surface area contributed by atoms with Gasteiger partial charge in [0.1, 0.15) is 6.04 Å². The fourth-order valence-electron chi connectivity index (χ4n) is 3.15. The molecular formula is C23H26N4O3S. The molecule has 2 aromatic heterocycles. The molecule has 1 N–H and O–H groups in total. The van der Waals surface area contributed by atoms with E-state index in [1.165, 1.54) is 16.6 Å². The van der Waals surface area contributed by atoms with E-state index in [2.05, 4.69) is 15.3 Å². The second-order valence-electron chi connectivity index (χ2n) is 7.31. The Balaban J connectivity index is 1.98. The SMILES string of the molecule is CCC(C(=O)NCc1cccnc1)N(c1ccc(C)cc1)S(=O)(=O)c1ccc(C)cn1. The summed E-state index contributed by atoms with van der Waals surface area (Å²) < 4.78 is 28.3. The highest BCUT2D eigenvalue weighted by molar-refractivity contribution is 7.92. The Morgan fingerprint density at radius 3 is 2.32 bits per heavy atom. The lowest BCUT2D eigenvalue weighted by molar-refractivity contribution is -0.122. The van der Waals surface area contributed by atoms with Crippen molar-refractivity contribution in [1.29, 1.82) is 0 Å². The van der Waals surface area contributed by atoms with E-state index >= 15 is 0 Å². The Bertz CT molecular complexity index is 1120. The predicted molar refractivity (Wildman–Crippen MR) is 120 cm³/mol. The molecule has 0 saturated carbocycles. The van der Waals surface area contributed by atoms with Crippen LogP contribution in [0.2, 0.25) is 0 Å². The van der Waals surface area contributed by atoms with Gasteiger partial charge in [0.25, 0.3) is 10.0 Å². The Kier molecular flexibility index (Phi) is 7.02. The molecule has 8 heteroatoms. The van der Waals surface area contributed by atoms with Gasteiger partial charge < -0.3 is 5.32 Å². The number of benzene rings is 1. The number of aryl methyl sites for hydroxylation is 2. The molecule has 0 bridgehead atoms. The van der Waals surface area contributed by atoms with E-state index in [0.717, 1.165) is 16.7 Å². The van der Waals surface area contributed by atoms with Crippen LogP contribution in [0.3, 0.4) is 0 Å². The summed E-state index contributed by atoms with van der Waals surface area (Å²) in [6.07, 6.45) is 5.11. The summed E-state index contributed by atoms with van der Waals surface area (Å²) in [6.45, 7) is 5.80. The van der Waals surface area contributed by atoms with Crippen molar-refractivity contribution in [3.63, 3.8) is 0 Å². The fourth-order valence-corrected chi connectivity index (χ4v) is 4.76. The van der Waals surface area contributed by atoms with Crippen molar-refractivity contribution >= 4 is 21.6 Å². The van der Waals surface area contributed by atoms with Crippen molar-refractivity contribution in [2.45, 2.75) is 44.8 Å². The standard InChI is InChI=1S/C23H26N4O3S/c1-4-21(23(28)26-16-19-6-5-13-24-15-19)27(20-10-7-17(2)8-11-20)31(29,30)22-12-9-18(3)14-25-22/h5-15,21H,4,16H2,1-3H3,(H,26,28). The molecule has 1 unspecified atom stereocenters. The highest BCUT2D eigenvalue weighted by Crippen LogP contribution is 2.27. The van der Waals surface area contributed by atoms with Crippen LogP contribution < -0.4 is 9.62 Å². The zero-order valence-corrected chi connectivity index (χ0v) is 18.6. The number of pyridine rings is 2. The molecule has 31 heavy (non-hydrogen) atoms. The number of carbonyl (C=O) groups is 1. The largest absolute Gasteiger partial charge is 0.350 e. The molecule has 1 aromatic carbocycles. The number of sulfonamides is 1. The van der Waals surface area contributed by atoms with Gasteiger partial charge in [0, 0.05) is 25.1 Å². The summed E-state index contributed by atoms with van der Waals surface area (Å²) in [6, 6.07) is 12.9. The van der Waals surface area contributed by atoms with Crippen LogP contribution in [-0.2, 0) is 21.4 Å². The number of nitrogens with one attached hydrogen (secondary N) is 1. The van der Waals surface area contributed by atoms with E-state index in [4.69, 9.17) is 0 Å². The van der Waals surface area contributed by atoms with Gasteiger partial charge in [-0.05, 0) is 55.7 Å². The minimum absolute atomic E-state index is 0.0998. The van der Waals surface area contributed by atoms with Crippen molar-refractivity contribution < 1.29 is 13.2 Å². The van der Waals surface area contributed by atoms with Crippen LogP contribution in [0.5, 0.6) is 0 Å². The Hall–Kier alpha value is -3.26. The van der Waals surface area contributed by atoms with Crippen LogP contribution in [0.1, 0.15) is 30.0 Å². The molecule has 0 aliphatic rings. The minimum Gasteiger partial charge on any atom is -0.350 e. The predicted octanol–water partition coefficient (Wildman–Crippen LogP) is 3.38. The van der Waals surface area contributed by atoms with Crippen molar-refractivity contribution in [3.8, 4) is 0 Å². The quantitative estimate of drug-likeness (QED) is 0.582. The molecule has 0 radical (unpaired) electrons. The molecule has 2 heterocycles. The summed E-state index contributed by atoms with van der Waals surface area (Å²) in [7, 11) is -4.07. The average molecular weight is 439 g/mol. The normalized spacial score (nSPS) is 12.2. The van der Waals surface area contributed by atoms with Gasteiger partial charge in [0.05, 0.1) is 5.69 Å². The fraction of sp³-hybridized carbons (Fsp3) is 0.261. The lowest BCUT2D eigenvalue weighted by Gasteiger charge is -2.31. The van der Waals surface area contributed by atoms with E-state index in [0.29, 0.717) is 5.69 Å². The maximum absolute atomic E-state index is 13.6. The average Bonchev–Trinajstić information content (AvgIpc) is 2.77. The highest BCUT2D eigenvalue weighted by Gasteiger charge is 2.36. The van der Waals surface area contributed by atoms with Crippen molar-refractivity contribution in [2.75, 3.05) is 4.31 Å². The van der Waals surface area contributed by atoms with Crippen molar-refractivity contribution in [1.82, 2.24) is 15.3 Å². The second kappa shape index (κ2) is 9.70. The van der Waals surface area contributed by atoms with Crippen LogP contribution >= 0.6 is 0 Å². The van der Waals surface area contributed by atoms with Crippen LogP contribution in [0.4, 0.5) is 5.69 Å². The van der Waals surface area contributed by atoms with Gasteiger partial charge >= 0.3 is 0 Å². The zero-order chi connectivity index (χ0) is 22.4. The van der Waals surface area contributed by atoms with Crippen LogP contribution in [0.25, 0.3) is 0 Å². The first-order chi connectivity index (χ1) is 14.8. The molecule has 0 fully saturated rings. The summed E-state index contributed by atoms with van der Waals surface area (Å²) in [5.41, 5.74) is 3.08. The van der Waals surface area contributed by atoms with E-state index in [-0.39, 0.29) is 23.9 Å². The summed E-state index contributed by atoms with van der Waals surface area (Å²) in [4.78, 5) is 21.3. The third kappa shape index (κ3) is 5.27. The molecule has 1 amide bonds. The third-order valence-corrected chi connectivity index (χ3v) is 6.61. The summed E-state index contributed by atoms with van der Waals surface area (Å²) in [5, 5.41) is 2.74. The summed E-state index contributed by atoms with van der Waals surface area (Å²) in [5.74, 6) is -0.386. The molecule has 0 aliphatic heterocycles. The molecule has 7 nitrogen and oxygen atoms in total. The smallest absolute Gasteiger partial charge is 0.282 e. The maximum atomic E-state index is 13.6. The number of carbonyl (C=O) groups excluding carboxylic acids is 1. The highest BCUT2D eigenvalue weighted by atomic mass is 32.2. The molecular weight excluding hydrogens is 412 g/mol. The number of aromatic nitrogens is 2. The monoisotopic (exact) mass is 438 g/mol.